The summed E-state index contributed by atoms with van der Waals surface area (Å²) < 4.78 is 0. The van der Waals surface area contributed by atoms with E-state index in [0.29, 0.717) is 24.5 Å². The van der Waals surface area contributed by atoms with Crippen LogP contribution in [-0.4, -0.2) is 24.5 Å². The summed E-state index contributed by atoms with van der Waals surface area (Å²) in [4.78, 5) is 14.9. The molecule has 0 aliphatic carbocycles. The molecule has 6 heteroatoms. The summed E-state index contributed by atoms with van der Waals surface area (Å²) in [6, 6.07) is 5.16. The first-order valence-corrected chi connectivity index (χ1v) is 4.78. The van der Waals surface area contributed by atoms with Crippen LogP contribution in [0.1, 0.15) is 12.1 Å². The van der Waals surface area contributed by atoms with Gasteiger partial charge in [-0.05, 0) is 12.1 Å². The van der Waals surface area contributed by atoms with E-state index in [4.69, 9.17) is 11.0 Å². The predicted octanol–water partition coefficient (Wildman–Crippen LogP) is 0.0835. The zero-order valence-corrected chi connectivity index (χ0v) is 8.95. The minimum atomic E-state index is -0.0524. The molecular formula is C10H13N5O. The second-order valence-corrected chi connectivity index (χ2v) is 3.10. The monoisotopic (exact) mass is 219 g/mol. The molecule has 0 aliphatic rings. The van der Waals surface area contributed by atoms with E-state index >= 15 is 0 Å². The number of nitrogens with zero attached hydrogens (tertiary/aromatic N) is 2. The maximum atomic E-state index is 10.9. The van der Waals surface area contributed by atoms with Gasteiger partial charge in [-0.2, -0.15) is 5.26 Å². The molecule has 1 heterocycles. The molecule has 16 heavy (non-hydrogen) atoms. The molecule has 4 N–H and O–H groups in total. The standard InChI is InChI=1S/C10H13N5O/c1-13-10(16)4-5-14-9-3-2-7(12)8(6-11)15-9/h2-3H,4-5,12H2,1H3,(H,13,16)(H,14,15). The lowest BCUT2D eigenvalue weighted by atomic mass is 10.3. The number of hydrogen-bond acceptors (Lipinski definition) is 5. The lowest BCUT2D eigenvalue weighted by molar-refractivity contribution is -0.120. The first kappa shape index (κ1) is 11.8. The molecule has 6 nitrogen and oxygen atoms in total. The van der Waals surface area contributed by atoms with Crippen LogP contribution in [0.25, 0.3) is 0 Å². The topological polar surface area (TPSA) is 104 Å². The number of nitrogens with one attached hydrogen (secondary N) is 2. The van der Waals surface area contributed by atoms with Crippen LogP contribution in [0, 0.1) is 11.3 Å². The van der Waals surface area contributed by atoms with Crippen molar-refractivity contribution in [3.8, 4) is 6.07 Å². The second-order valence-electron chi connectivity index (χ2n) is 3.10. The number of carbonyl (C=O) groups is 1. The van der Waals surface area contributed by atoms with Gasteiger partial charge in [-0.25, -0.2) is 4.98 Å². The summed E-state index contributed by atoms with van der Waals surface area (Å²) in [6.45, 7) is 0.460. The van der Waals surface area contributed by atoms with E-state index in [2.05, 4.69) is 15.6 Å². The van der Waals surface area contributed by atoms with Crippen LogP contribution >= 0.6 is 0 Å². The van der Waals surface area contributed by atoms with E-state index in [-0.39, 0.29) is 11.6 Å². The SMILES string of the molecule is CNC(=O)CCNc1ccc(N)c(C#N)n1. The molecule has 1 rings (SSSR count). The Balaban J connectivity index is 2.55. The number of nitrogens with two attached hydrogens (primary N) is 1. The number of pyridine rings is 1. The summed E-state index contributed by atoms with van der Waals surface area (Å²) in [5.74, 6) is 0.484. The molecule has 1 aromatic heterocycles. The van der Waals surface area contributed by atoms with Gasteiger partial charge in [0.2, 0.25) is 5.91 Å². The fourth-order valence-electron chi connectivity index (χ4n) is 1.09. The van der Waals surface area contributed by atoms with Crippen molar-refractivity contribution in [1.29, 1.82) is 5.26 Å². The number of nitrogen functional groups attached to an aromatic ring is 1. The van der Waals surface area contributed by atoms with Crippen molar-refractivity contribution in [3.63, 3.8) is 0 Å². The van der Waals surface area contributed by atoms with Crippen molar-refractivity contribution >= 4 is 17.4 Å². The molecule has 0 atom stereocenters. The highest BCUT2D eigenvalue weighted by Crippen LogP contribution is 2.11. The number of hydrogen-bond donors (Lipinski definition) is 3. The second kappa shape index (κ2) is 5.56. The molecule has 84 valence electrons. The molecule has 0 aliphatic heterocycles. The van der Waals surface area contributed by atoms with Gasteiger partial charge in [0, 0.05) is 20.0 Å². The van der Waals surface area contributed by atoms with Crippen LogP contribution in [0.3, 0.4) is 0 Å². The van der Waals surface area contributed by atoms with E-state index < -0.39 is 0 Å². The Morgan fingerprint density at radius 1 is 1.62 bits per heavy atom. The number of amides is 1. The van der Waals surface area contributed by atoms with E-state index in [0.717, 1.165) is 0 Å². The number of aromatic nitrogens is 1. The Morgan fingerprint density at radius 2 is 2.38 bits per heavy atom. The zero-order chi connectivity index (χ0) is 12.0. The zero-order valence-electron chi connectivity index (χ0n) is 8.95. The summed E-state index contributed by atoms with van der Waals surface area (Å²) in [6.07, 6.45) is 0.352. The van der Waals surface area contributed by atoms with Crippen LogP contribution < -0.4 is 16.4 Å². The third-order valence-electron chi connectivity index (χ3n) is 1.97. The maximum Gasteiger partial charge on any atom is 0.221 e. The Labute approximate surface area is 93.5 Å². The molecular weight excluding hydrogens is 206 g/mol. The van der Waals surface area contributed by atoms with Gasteiger partial charge < -0.3 is 16.4 Å². The fraction of sp³-hybridized carbons (Fsp3) is 0.300. The van der Waals surface area contributed by atoms with Crippen molar-refractivity contribution in [3.05, 3.63) is 17.8 Å². The van der Waals surface area contributed by atoms with Gasteiger partial charge in [0.15, 0.2) is 5.69 Å². The van der Waals surface area contributed by atoms with Crippen molar-refractivity contribution in [2.45, 2.75) is 6.42 Å². The van der Waals surface area contributed by atoms with Gasteiger partial charge in [0.05, 0.1) is 5.69 Å². The van der Waals surface area contributed by atoms with Crippen molar-refractivity contribution in [2.75, 3.05) is 24.6 Å². The van der Waals surface area contributed by atoms with E-state index in [9.17, 15) is 4.79 Å². The number of nitriles is 1. The molecule has 0 bridgehead atoms. The fourth-order valence-corrected chi connectivity index (χ4v) is 1.09. The van der Waals surface area contributed by atoms with Crippen molar-refractivity contribution in [1.82, 2.24) is 10.3 Å². The van der Waals surface area contributed by atoms with Gasteiger partial charge in [0.1, 0.15) is 11.9 Å². The Bertz CT molecular complexity index is 424. The van der Waals surface area contributed by atoms with Crippen LogP contribution in [0.15, 0.2) is 12.1 Å². The normalized spacial score (nSPS) is 9.25. The van der Waals surface area contributed by atoms with Crippen LogP contribution in [0.2, 0.25) is 0 Å². The summed E-state index contributed by atoms with van der Waals surface area (Å²) in [7, 11) is 1.58. The number of anilines is 2. The molecule has 0 fully saturated rings. The summed E-state index contributed by atoms with van der Waals surface area (Å²) in [5.41, 5.74) is 6.05. The first-order chi connectivity index (χ1) is 7.67. The number of carbonyl (C=O) groups excluding carboxylic acids is 1. The molecule has 0 radical (unpaired) electrons. The largest absolute Gasteiger partial charge is 0.396 e. The van der Waals surface area contributed by atoms with Gasteiger partial charge >= 0.3 is 0 Å². The first-order valence-electron chi connectivity index (χ1n) is 4.78. The van der Waals surface area contributed by atoms with Gasteiger partial charge in [0.25, 0.3) is 0 Å². The Morgan fingerprint density at radius 3 is 3.00 bits per heavy atom. The highest BCUT2D eigenvalue weighted by atomic mass is 16.1. The summed E-state index contributed by atoms with van der Waals surface area (Å²) >= 11 is 0. The van der Waals surface area contributed by atoms with E-state index in [1.165, 1.54) is 0 Å². The quantitative estimate of drug-likeness (QED) is 0.665. The average Bonchev–Trinajstić information content (AvgIpc) is 2.31. The minimum absolute atomic E-state index is 0.0524. The van der Waals surface area contributed by atoms with Gasteiger partial charge in [-0.15, -0.1) is 0 Å². The third kappa shape index (κ3) is 3.13. The van der Waals surface area contributed by atoms with Gasteiger partial charge in [-0.1, -0.05) is 0 Å². The highest BCUT2D eigenvalue weighted by molar-refractivity contribution is 5.76. The molecule has 1 amide bonds. The third-order valence-corrected chi connectivity index (χ3v) is 1.97. The predicted molar refractivity (Wildman–Crippen MR) is 60.5 cm³/mol. The van der Waals surface area contributed by atoms with E-state index in [1.807, 2.05) is 6.07 Å². The lowest BCUT2D eigenvalue weighted by Gasteiger charge is -2.05. The average molecular weight is 219 g/mol. The van der Waals surface area contributed by atoms with Crippen molar-refractivity contribution < 1.29 is 4.79 Å². The Hall–Kier alpha value is -2.29. The molecule has 1 aromatic rings. The highest BCUT2D eigenvalue weighted by Gasteiger charge is 2.02. The van der Waals surface area contributed by atoms with Crippen molar-refractivity contribution in [2.24, 2.45) is 0 Å². The molecule has 0 spiro atoms. The summed E-state index contributed by atoms with van der Waals surface area (Å²) in [5, 5.41) is 14.2. The van der Waals surface area contributed by atoms with Crippen LogP contribution in [0.5, 0.6) is 0 Å². The Kier molecular flexibility index (Phi) is 4.09. The molecule has 0 aromatic carbocycles. The van der Waals surface area contributed by atoms with Crippen LogP contribution in [0.4, 0.5) is 11.5 Å². The van der Waals surface area contributed by atoms with Crippen LogP contribution in [-0.2, 0) is 4.79 Å². The molecule has 0 saturated heterocycles. The van der Waals surface area contributed by atoms with Gasteiger partial charge in [-0.3, -0.25) is 4.79 Å². The number of rotatable bonds is 4. The maximum absolute atomic E-state index is 10.9. The van der Waals surface area contributed by atoms with E-state index in [1.54, 1.807) is 19.2 Å². The minimum Gasteiger partial charge on any atom is -0.396 e. The molecule has 0 unspecified atom stereocenters. The lowest BCUT2D eigenvalue weighted by Crippen LogP contribution is -2.21. The smallest absolute Gasteiger partial charge is 0.221 e. The molecule has 0 saturated carbocycles.